The van der Waals surface area contributed by atoms with Crippen LogP contribution >= 0.6 is 11.8 Å². The normalized spacial score (nSPS) is 17.0. The number of thioether (sulfide) groups is 1. The number of nitrogens with one attached hydrogen (secondary N) is 2. The Morgan fingerprint density at radius 3 is 2.40 bits per heavy atom. The molecule has 13 heteroatoms. The largest absolute Gasteiger partial charge is 0.433 e. The summed E-state index contributed by atoms with van der Waals surface area (Å²) in [5, 5.41) is 6.81. The molecule has 0 unspecified atom stereocenters. The molecule has 43 heavy (non-hydrogen) atoms. The lowest BCUT2D eigenvalue weighted by Crippen LogP contribution is -2.44. The number of alkyl halides is 6. The number of anilines is 2. The summed E-state index contributed by atoms with van der Waals surface area (Å²) in [5.74, 6) is 1.07. The van der Waals surface area contributed by atoms with Crippen molar-refractivity contribution < 1.29 is 31.1 Å². The number of aromatic nitrogens is 1. The molecule has 2 aliphatic rings. The third-order valence-electron chi connectivity index (χ3n) is 7.85. The van der Waals surface area contributed by atoms with Crippen molar-refractivity contribution in [3.05, 3.63) is 59.8 Å². The van der Waals surface area contributed by atoms with E-state index in [2.05, 4.69) is 15.6 Å². The Balaban J connectivity index is 1.09. The summed E-state index contributed by atoms with van der Waals surface area (Å²) < 4.78 is 80.5. The fourth-order valence-corrected chi connectivity index (χ4v) is 6.75. The van der Waals surface area contributed by atoms with Crippen molar-refractivity contribution in [2.45, 2.75) is 36.5 Å². The van der Waals surface area contributed by atoms with E-state index in [0.717, 1.165) is 35.6 Å². The van der Waals surface area contributed by atoms with Gasteiger partial charge in [0, 0.05) is 79.6 Å². The van der Waals surface area contributed by atoms with Crippen LogP contribution in [0.15, 0.2) is 53.4 Å². The molecule has 6 nitrogen and oxygen atoms in total. The topological polar surface area (TPSA) is 60.5 Å². The lowest BCUT2D eigenvalue weighted by Gasteiger charge is -2.32. The van der Waals surface area contributed by atoms with Gasteiger partial charge in [-0.25, -0.2) is 4.98 Å². The first-order chi connectivity index (χ1) is 20.5. The quantitative estimate of drug-likeness (QED) is 0.220. The number of amides is 1. The number of hydrogen-bond acceptors (Lipinski definition) is 6. The Kier molecular flexibility index (Phi) is 9.60. The summed E-state index contributed by atoms with van der Waals surface area (Å²) >= 11 is 1.58. The molecule has 0 saturated carbocycles. The van der Waals surface area contributed by atoms with Gasteiger partial charge in [0.05, 0.1) is 11.1 Å². The summed E-state index contributed by atoms with van der Waals surface area (Å²) in [7, 11) is 0. The van der Waals surface area contributed by atoms with Crippen LogP contribution in [0.25, 0.3) is 10.9 Å². The summed E-state index contributed by atoms with van der Waals surface area (Å²) in [6, 6.07) is 11.9. The minimum absolute atomic E-state index is 0.0484. The SMILES string of the molecule is O=C(CCNc1ccc(N2CCNCC2)c(C(F)(F)F)c1)N1CCC(CSc2cccc3nc(C(F)(F)F)ccc23)CC1. The zero-order chi connectivity index (χ0) is 30.6. The van der Waals surface area contributed by atoms with Gasteiger partial charge in [0.1, 0.15) is 5.69 Å². The molecular formula is C30H33F6N5OS. The van der Waals surface area contributed by atoms with Crippen molar-refractivity contribution in [3.63, 3.8) is 0 Å². The Hall–Kier alpha value is -3.19. The Bertz CT molecular complexity index is 1420. The Labute approximate surface area is 250 Å². The number of halogens is 6. The average molecular weight is 626 g/mol. The number of piperazine rings is 1. The molecule has 1 aromatic heterocycles. The van der Waals surface area contributed by atoms with Crippen LogP contribution in [0.2, 0.25) is 0 Å². The van der Waals surface area contributed by atoms with Crippen molar-refractivity contribution in [2.24, 2.45) is 5.92 Å². The molecule has 2 fully saturated rings. The lowest BCUT2D eigenvalue weighted by molar-refractivity contribution is -0.141. The number of nitrogens with zero attached hydrogens (tertiary/aromatic N) is 3. The van der Waals surface area contributed by atoms with Crippen molar-refractivity contribution in [1.29, 1.82) is 0 Å². The maximum atomic E-state index is 13.8. The van der Waals surface area contributed by atoms with E-state index < -0.39 is 23.6 Å². The van der Waals surface area contributed by atoms with Crippen LogP contribution in [0.1, 0.15) is 30.5 Å². The summed E-state index contributed by atoms with van der Waals surface area (Å²) in [5.41, 5.74) is -0.794. The molecule has 2 saturated heterocycles. The molecular weight excluding hydrogens is 592 g/mol. The van der Waals surface area contributed by atoms with E-state index in [1.165, 1.54) is 12.1 Å². The molecule has 1 amide bonds. The lowest BCUT2D eigenvalue weighted by atomic mass is 9.99. The fourth-order valence-electron chi connectivity index (χ4n) is 5.49. The molecule has 3 aromatic rings. The third kappa shape index (κ3) is 7.86. The highest BCUT2D eigenvalue weighted by Crippen LogP contribution is 2.39. The molecule has 5 rings (SSSR count). The van der Waals surface area contributed by atoms with E-state index in [-0.39, 0.29) is 24.6 Å². The summed E-state index contributed by atoms with van der Waals surface area (Å²) in [4.78, 5) is 21.0. The van der Waals surface area contributed by atoms with E-state index in [1.54, 1.807) is 39.8 Å². The maximum Gasteiger partial charge on any atom is 0.433 e. The predicted molar refractivity (Wildman–Crippen MR) is 156 cm³/mol. The van der Waals surface area contributed by atoms with Crippen molar-refractivity contribution in [2.75, 3.05) is 61.8 Å². The number of hydrogen-bond donors (Lipinski definition) is 2. The van der Waals surface area contributed by atoms with Gasteiger partial charge in [0.2, 0.25) is 5.91 Å². The monoisotopic (exact) mass is 625 g/mol. The second-order valence-corrected chi connectivity index (χ2v) is 11.9. The molecule has 3 heterocycles. The zero-order valence-electron chi connectivity index (χ0n) is 23.4. The van der Waals surface area contributed by atoms with Crippen LogP contribution in [-0.2, 0) is 17.1 Å². The summed E-state index contributed by atoms with van der Waals surface area (Å²) in [6.07, 6.45) is -7.21. The van der Waals surface area contributed by atoms with E-state index in [1.807, 2.05) is 6.07 Å². The van der Waals surface area contributed by atoms with Gasteiger partial charge in [-0.3, -0.25) is 4.79 Å². The first-order valence-corrected chi connectivity index (χ1v) is 15.3. The molecule has 2 aromatic carbocycles. The molecule has 0 spiro atoms. The molecule has 232 valence electrons. The highest BCUT2D eigenvalue weighted by molar-refractivity contribution is 7.99. The predicted octanol–water partition coefficient (Wildman–Crippen LogP) is 6.51. The van der Waals surface area contributed by atoms with Crippen LogP contribution in [0.5, 0.6) is 0 Å². The fraction of sp³-hybridized carbons (Fsp3) is 0.467. The number of benzene rings is 2. The van der Waals surface area contributed by atoms with Crippen molar-refractivity contribution in [1.82, 2.24) is 15.2 Å². The highest BCUT2D eigenvalue weighted by Gasteiger charge is 2.36. The van der Waals surface area contributed by atoms with Gasteiger partial charge in [0.25, 0.3) is 0 Å². The number of likely N-dealkylation sites (tertiary alicyclic amines) is 1. The third-order valence-corrected chi connectivity index (χ3v) is 9.16. The number of pyridine rings is 1. The molecule has 0 atom stereocenters. The molecule has 0 bridgehead atoms. The number of carbonyl (C=O) groups excluding carboxylic acids is 1. The van der Waals surface area contributed by atoms with Gasteiger partial charge >= 0.3 is 12.4 Å². The van der Waals surface area contributed by atoms with E-state index in [0.29, 0.717) is 61.8 Å². The van der Waals surface area contributed by atoms with Crippen molar-refractivity contribution in [3.8, 4) is 0 Å². The highest BCUT2D eigenvalue weighted by atomic mass is 32.2. The van der Waals surface area contributed by atoms with Gasteiger partial charge in [0.15, 0.2) is 0 Å². The van der Waals surface area contributed by atoms with Crippen LogP contribution < -0.4 is 15.5 Å². The molecule has 2 aliphatic heterocycles. The van der Waals surface area contributed by atoms with Gasteiger partial charge in [-0.05, 0) is 61.2 Å². The van der Waals surface area contributed by atoms with Gasteiger partial charge in [-0.15, -0.1) is 11.8 Å². The first-order valence-electron chi connectivity index (χ1n) is 14.3. The summed E-state index contributed by atoms with van der Waals surface area (Å²) in [6.45, 7) is 3.68. The number of piperidine rings is 1. The maximum absolute atomic E-state index is 13.8. The van der Waals surface area contributed by atoms with Crippen molar-refractivity contribution >= 4 is 39.9 Å². The second kappa shape index (κ2) is 13.2. The van der Waals surface area contributed by atoms with Crippen LogP contribution in [0.4, 0.5) is 37.7 Å². The first kappa shape index (κ1) is 31.2. The number of rotatable bonds is 8. The average Bonchev–Trinajstić information content (AvgIpc) is 2.99. The van der Waals surface area contributed by atoms with Crippen LogP contribution in [0.3, 0.4) is 0 Å². The zero-order valence-corrected chi connectivity index (χ0v) is 24.2. The van der Waals surface area contributed by atoms with Gasteiger partial charge in [-0.2, -0.15) is 26.3 Å². The van der Waals surface area contributed by atoms with Crippen LogP contribution in [-0.4, -0.2) is 67.4 Å². The Morgan fingerprint density at radius 1 is 0.953 bits per heavy atom. The van der Waals surface area contributed by atoms with Gasteiger partial charge in [-0.1, -0.05) is 6.07 Å². The second-order valence-electron chi connectivity index (χ2n) is 10.8. The molecule has 0 radical (unpaired) electrons. The Morgan fingerprint density at radius 2 is 1.70 bits per heavy atom. The molecule has 2 N–H and O–H groups in total. The number of carbonyl (C=O) groups is 1. The smallest absolute Gasteiger partial charge is 0.385 e. The minimum atomic E-state index is -4.49. The van der Waals surface area contributed by atoms with Gasteiger partial charge < -0.3 is 20.4 Å². The van der Waals surface area contributed by atoms with E-state index in [4.69, 9.17) is 0 Å². The molecule has 0 aliphatic carbocycles. The standard InChI is InChI=1S/C30H33F6N5OS/c31-29(32,33)23-18-21(4-6-25(23)40-16-12-37-13-17-40)38-11-8-28(42)41-14-9-20(10-15-41)19-43-26-3-1-2-24-22(26)5-7-27(39-24)30(34,35)36/h1-7,18,20,37-38H,8-17,19H2. The minimum Gasteiger partial charge on any atom is -0.385 e. The van der Waals surface area contributed by atoms with E-state index in [9.17, 15) is 31.1 Å². The van der Waals surface area contributed by atoms with Crippen LogP contribution in [0, 0.1) is 5.92 Å². The van der Waals surface area contributed by atoms with E-state index >= 15 is 0 Å². The number of fused-ring (bicyclic) bond motifs is 1.